The van der Waals surface area contributed by atoms with Crippen molar-refractivity contribution >= 4 is 16.0 Å². The van der Waals surface area contributed by atoms with Gasteiger partial charge in [-0.15, -0.1) is 0 Å². The highest BCUT2D eigenvalue weighted by Crippen LogP contribution is 2.21. The number of aryl methyl sites for hydroxylation is 1. The second-order valence-corrected chi connectivity index (χ2v) is 6.31. The maximum absolute atomic E-state index is 12.3. The van der Waals surface area contributed by atoms with Crippen molar-refractivity contribution in [3.8, 4) is 0 Å². The summed E-state index contributed by atoms with van der Waals surface area (Å²) in [5, 5.41) is 18.1. The molecule has 1 rings (SSSR count). The number of hydrogen-bond donors (Lipinski definition) is 3. The van der Waals surface area contributed by atoms with Gasteiger partial charge in [0.1, 0.15) is 0 Å². The van der Waals surface area contributed by atoms with E-state index < -0.39 is 22.0 Å². The van der Waals surface area contributed by atoms with E-state index in [2.05, 4.69) is 4.72 Å². The molecule has 1 aromatic rings. The van der Waals surface area contributed by atoms with Crippen molar-refractivity contribution in [2.75, 3.05) is 6.61 Å². The SMILES string of the molecule is CC[C@@H](CO)NS(=O)(=O)c1cc(C(=O)O)cc(C)c1C. The van der Waals surface area contributed by atoms with Crippen molar-refractivity contribution in [1.82, 2.24) is 4.72 Å². The van der Waals surface area contributed by atoms with Gasteiger partial charge in [0.2, 0.25) is 10.0 Å². The number of hydrogen-bond acceptors (Lipinski definition) is 4. The number of rotatable bonds is 6. The average Bonchev–Trinajstić information content (AvgIpc) is 2.38. The van der Waals surface area contributed by atoms with Crippen molar-refractivity contribution in [3.05, 3.63) is 28.8 Å². The minimum Gasteiger partial charge on any atom is -0.478 e. The molecular formula is C13H19NO5S. The number of sulfonamides is 1. The normalized spacial score (nSPS) is 13.2. The van der Waals surface area contributed by atoms with E-state index in [4.69, 9.17) is 10.2 Å². The van der Waals surface area contributed by atoms with Gasteiger partial charge in [0.05, 0.1) is 17.1 Å². The summed E-state index contributed by atoms with van der Waals surface area (Å²) < 4.78 is 27.0. The van der Waals surface area contributed by atoms with Gasteiger partial charge in [-0.05, 0) is 43.5 Å². The van der Waals surface area contributed by atoms with Crippen LogP contribution >= 0.6 is 0 Å². The zero-order chi connectivity index (χ0) is 15.5. The molecular weight excluding hydrogens is 282 g/mol. The molecule has 0 aliphatic rings. The number of aliphatic hydroxyl groups excluding tert-OH is 1. The first-order valence-corrected chi connectivity index (χ1v) is 7.69. The van der Waals surface area contributed by atoms with Gasteiger partial charge in [-0.25, -0.2) is 17.9 Å². The fraction of sp³-hybridized carbons (Fsp3) is 0.462. The highest BCUT2D eigenvalue weighted by Gasteiger charge is 2.23. The number of aromatic carboxylic acids is 1. The number of carboxylic acids is 1. The fourth-order valence-corrected chi connectivity index (χ4v) is 3.42. The molecule has 0 spiro atoms. The van der Waals surface area contributed by atoms with Gasteiger partial charge in [0.15, 0.2) is 0 Å². The van der Waals surface area contributed by atoms with Crippen LogP contribution in [0, 0.1) is 13.8 Å². The molecule has 3 N–H and O–H groups in total. The van der Waals surface area contributed by atoms with E-state index in [-0.39, 0.29) is 17.1 Å². The Morgan fingerprint density at radius 1 is 1.35 bits per heavy atom. The predicted molar refractivity (Wildman–Crippen MR) is 74.4 cm³/mol. The lowest BCUT2D eigenvalue weighted by molar-refractivity contribution is 0.0696. The Bertz CT molecular complexity index is 605. The van der Waals surface area contributed by atoms with Crippen LogP contribution in [-0.4, -0.2) is 37.2 Å². The lowest BCUT2D eigenvalue weighted by Crippen LogP contribution is -2.37. The van der Waals surface area contributed by atoms with Gasteiger partial charge in [-0.3, -0.25) is 0 Å². The third-order valence-corrected chi connectivity index (χ3v) is 4.84. The molecule has 0 aliphatic carbocycles. The van der Waals surface area contributed by atoms with Crippen LogP contribution in [0.5, 0.6) is 0 Å². The van der Waals surface area contributed by atoms with E-state index in [9.17, 15) is 13.2 Å². The van der Waals surface area contributed by atoms with Crippen LogP contribution in [0.2, 0.25) is 0 Å². The standard InChI is InChI=1S/C13H19NO5S/c1-4-11(7-15)14-20(18,19)12-6-10(13(16)17)5-8(2)9(12)3/h5-6,11,14-15H,4,7H2,1-3H3,(H,16,17)/t11-/m0/s1. The molecule has 0 bridgehead atoms. The molecule has 7 heteroatoms. The summed E-state index contributed by atoms with van der Waals surface area (Å²) >= 11 is 0. The minimum atomic E-state index is -3.87. The van der Waals surface area contributed by atoms with Crippen molar-refractivity contribution in [3.63, 3.8) is 0 Å². The zero-order valence-corrected chi connectivity index (χ0v) is 12.5. The molecule has 0 unspecified atom stereocenters. The number of aliphatic hydroxyl groups is 1. The molecule has 0 heterocycles. The first-order chi connectivity index (χ1) is 9.22. The second kappa shape index (κ2) is 6.34. The molecule has 0 saturated carbocycles. The summed E-state index contributed by atoms with van der Waals surface area (Å²) in [4.78, 5) is 11.0. The molecule has 1 aromatic carbocycles. The zero-order valence-electron chi connectivity index (χ0n) is 11.7. The summed E-state index contributed by atoms with van der Waals surface area (Å²) in [5.74, 6) is -1.18. The molecule has 0 aliphatic heterocycles. The van der Waals surface area contributed by atoms with E-state index in [1.165, 1.54) is 6.07 Å². The lowest BCUT2D eigenvalue weighted by atomic mass is 10.1. The van der Waals surface area contributed by atoms with E-state index >= 15 is 0 Å². The first-order valence-electron chi connectivity index (χ1n) is 6.20. The summed E-state index contributed by atoms with van der Waals surface area (Å²) in [7, 11) is -3.87. The van der Waals surface area contributed by atoms with Crippen molar-refractivity contribution in [2.45, 2.75) is 38.1 Å². The van der Waals surface area contributed by atoms with Gasteiger partial charge < -0.3 is 10.2 Å². The average molecular weight is 301 g/mol. The van der Waals surface area contributed by atoms with E-state index in [0.29, 0.717) is 17.5 Å². The molecule has 112 valence electrons. The summed E-state index contributed by atoms with van der Waals surface area (Å²) in [6, 6.07) is 1.98. The molecule has 0 amide bonds. The first kappa shape index (κ1) is 16.6. The maximum Gasteiger partial charge on any atom is 0.335 e. The largest absolute Gasteiger partial charge is 0.478 e. The number of benzene rings is 1. The Morgan fingerprint density at radius 2 is 1.95 bits per heavy atom. The van der Waals surface area contributed by atoms with Crippen LogP contribution in [-0.2, 0) is 10.0 Å². The van der Waals surface area contributed by atoms with E-state index in [1.807, 2.05) is 0 Å². The van der Waals surface area contributed by atoms with Crippen LogP contribution in [0.1, 0.15) is 34.8 Å². The molecule has 0 fully saturated rings. The van der Waals surface area contributed by atoms with E-state index in [0.717, 1.165) is 6.07 Å². The van der Waals surface area contributed by atoms with Gasteiger partial charge in [-0.1, -0.05) is 6.92 Å². The Labute approximate surface area is 118 Å². The molecule has 6 nitrogen and oxygen atoms in total. The van der Waals surface area contributed by atoms with Crippen LogP contribution in [0.3, 0.4) is 0 Å². The van der Waals surface area contributed by atoms with Crippen molar-refractivity contribution in [2.24, 2.45) is 0 Å². The maximum atomic E-state index is 12.3. The monoisotopic (exact) mass is 301 g/mol. The number of nitrogens with one attached hydrogen (secondary N) is 1. The summed E-state index contributed by atoms with van der Waals surface area (Å²) in [5.41, 5.74) is 1.00. The number of carboxylic acid groups (broad SMARTS) is 1. The van der Waals surface area contributed by atoms with Crippen LogP contribution in [0.25, 0.3) is 0 Å². The molecule has 1 atom stereocenters. The highest BCUT2D eigenvalue weighted by atomic mass is 32.2. The van der Waals surface area contributed by atoms with Crippen LogP contribution in [0.15, 0.2) is 17.0 Å². The second-order valence-electron chi connectivity index (χ2n) is 4.63. The Balaban J connectivity index is 3.34. The van der Waals surface area contributed by atoms with E-state index in [1.54, 1.807) is 20.8 Å². The predicted octanol–water partition coefficient (Wildman–Crippen LogP) is 1.05. The third kappa shape index (κ3) is 3.56. The van der Waals surface area contributed by atoms with Gasteiger partial charge >= 0.3 is 5.97 Å². The molecule has 0 aromatic heterocycles. The Hall–Kier alpha value is -1.44. The molecule has 20 heavy (non-hydrogen) atoms. The van der Waals surface area contributed by atoms with Gasteiger partial charge in [-0.2, -0.15) is 0 Å². The Kier molecular flexibility index (Phi) is 5.27. The highest BCUT2D eigenvalue weighted by molar-refractivity contribution is 7.89. The third-order valence-electron chi connectivity index (χ3n) is 3.19. The van der Waals surface area contributed by atoms with Gasteiger partial charge in [0.25, 0.3) is 0 Å². The minimum absolute atomic E-state index is 0.0678. The topological polar surface area (TPSA) is 104 Å². The quantitative estimate of drug-likeness (QED) is 0.728. The van der Waals surface area contributed by atoms with Crippen LogP contribution in [0.4, 0.5) is 0 Å². The fourth-order valence-electron chi connectivity index (χ4n) is 1.76. The molecule has 0 radical (unpaired) electrons. The number of carbonyl (C=O) groups is 1. The van der Waals surface area contributed by atoms with Crippen LogP contribution < -0.4 is 4.72 Å². The lowest BCUT2D eigenvalue weighted by Gasteiger charge is -2.17. The van der Waals surface area contributed by atoms with Crippen molar-refractivity contribution < 1.29 is 23.4 Å². The van der Waals surface area contributed by atoms with Crippen molar-refractivity contribution in [1.29, 1.82) is 0 Å². The summed E-state index contributed by atoms with van der Waals surface area (Å²) in [6.07, 6.45) is 0.437. The molecule has 0 saturated heterocycles. The van der Waals surface area contributed by atoms with Gasteiger partial charge in [0, 0.05) is 6.04 Å². The smallest absolute Gasteiger partial charge is 0.335 e. The summed E-state index contributed by atoms with van der Waals surface area (Å²) in [6.45, 7) is 4.71. The Morgan fingerprint density at radius 3 is 2.40 bits per heavy atom.